The van der Waals surface area contributed by atoms with Crippen LogP contribution in [0.25, 0.3) is 0 Å². The summed E-state index contributed by atoms with van der Waals surface area (Å²) in [5.74, 6) is -1.31. The van der Waals surface area contributed by atoms with Crippen molar-refractivity contribution in [1.29, 1.82) is 0 Å². The van der Waals surface area contributed by atoms with Crippen molar-refractivity contribution in [2.24, 2.45) is 0 Å². The number of nitrogens with one attached hydrogen (secondary N) is 1. The van der Waals surface area contributed by atoms with E-state index in [9.17, 15) is 35.1 Å². The van der Waals surface area contributed by atoms with Crippen LogP contribution >= 0.6 is 0 Å². The predicted octanol–water partition coefficient (Wildman–Crippen LogP) is 13.2. The Labute approximate surface area is 444 Å². The first-order valence-corrected chi connectivity index (χ1v) is 29.0. The number of aliphatic hydroxyl groups excluding tert-OH is 5. The van der Waals surface area contributed by atoms with Crippen LogP contribution in [0.3, 0.4) is 0 Å². The van der Waals surface area contributed by atoms with Gasteiger partial charge in [0.25, 0.3) is 0 Å². The van der Waals surface area contributed by atoms with Crippen LogP contribution in [0.5, 0.6) is 0 Å². The van der Waals surface area contributed by atoms with Crippen molar-refractivity contribution in [3.05, 3.63) is 97.2 Å². The molecule has 73 heavy (non-hydrogen) atoms. The molecule has 8 unspecified atom stereocenters. The first-order valence-electron chi connectivity index (χ1n) is 29.0. The van der Waals surface area contributed by atoms with Crippen LogP contribution < -0.4 is 5.32 Å². The molecule has 418 valence electrons. The molecule has 1 fully saturated rings. The number of unbranched alkanes of at least 4 members (excludes halogenated alkanes) is 19. The van der Waals surface area contributed by atoms with E-state index in [4.69, 9.17) is 14.2 Å². The van der Waals surface area contributed by atoms with Crippen LogP contribution in [0.4, 0.5) is 0 Å². The van der Waals surface area contributed by atoms with Gasteiger partial charge in [-0.3, -0.25) is 9.59 Å². The molecule has 11 nitrogen and oxygen atoms in total. The maximum atomic E-state index is 13.4. The Balaban J connectivity index is 2.80. The molecule has 8 atom stereocenters. The SMILES string of the molecule is CC/C=C\C/C=C\C/C=C\C/C=C\C/C=C\CCCCC(O)C(=O)NC(COC1OC(CO)C(O)C(O)C1OC(=O)CC/C=C/C/C=C\CCCCCCCC)C(O)/C=C/CCCCCCCCCCCCC. The summed E-state index contributed by atoms with van der Waals surface area (Å²) in [7, 11) is 0. The molecule has 1 rings (SSSR count). The molecular formula is C62H105NO10. The normalized spacial score (nSPS) is 20.1. The molecule has 0 spiro atoms. The molecule has 1 aliphatic rings. The number of carbonyl (C=O) groups excluding carboxylic acids is 2. The highest BCUT2D eigenvalue weighted by Gasteiger charge is 2.47. The third kappa shape index (κ3) is 37.9. The number of hydrogen-bond acceptors (Lipinski definition) is 10. The van der Waals surface area contributed by atoms with Gasteiger partial charge in [-0.05, 0) is 89.9 Å². The van der Waals surface area contributed by atoms with Gasteiger partial charge in [-0.1, -0.05) is 221 Å². The Hall–Kier alpha value is -3.42. The number of aliphatic hydroxyl groups is 5. The van der Waals surface area contributed by atoms with Gasteiger partial charge in [-0.15, -0.1) is 0 Å². The van der Waals surface area contributed by atoms with Crippen LogP contribution in [0.15, 0.2) is 97.2 Å². The molecule has 1 aliphatic heterocycles. The molecule has 0 aromatic heterocycles. The Morgan fingerprint density at radius 2 is 0.986 bits per heavy atom. The molecule has 0 saturated carbocycles. The van der Waals surface area contributed by atoms with E-state index in [2.05, 4.69) is 99.0 Å². The van der Waals surface area contributed by atoms with Crippen LogP contribution in [-0.4, -0.2) is 99.6 Å². The van der Waals surface area contributed by atoms with Crippen molar-refractivity contribution in [2.45, 2.75) is 269 Å². The fraction of sp³-hybridized carbons (Fsp3) is 0.710. The van der Waals surface area contributed by atoms with Crippen LogP contribution in [0.2, 0.25) is 0 Å². The van der Waals surface area contributed by atoms with Crippen molar-refractivity contribution < 1.29 is 49.3 Å². The van der Waals surface area contributed by atoms with E-state index in [1.54, 1.807) is 6.08 Å². The average Bonchev–Trinajstić information content (AvgIpc) is 3.39. The minimum atomic E-state index is -1.65. The summed E-state index contributed by atoms with van der Waals surface area (Å²) in [5, 5.41) is 56.8. The maximum Gasteiger partial charge on any atom is 0.306 e. The summed E-state index contributed by atoms with van der Waals surface area (Å²) in [4.78, 5) is 26.4. The molecule has 0 aromatic rings. The topological polar surface area (TPSA) is 175 Å². The lowest BCUT2D eigenvalue weighted by Gasteiger charge is -2.41. The van der Waals surface area contributed by atoms with Crippen LogP contribution in [0.1, 0.15) is 220 Å². The molecule has 0 bridgehead atoms. The van der Waals surface area contributed by atoms with Gasteiger partial charge < -0.3 is 45.1 Å². The average molecular weight is 1020 g/mol. The standard InChI is InChI=1S/C62H105NO10/c1-4-7-10-13-16-19-22-25-26-27-28-29-32-34-37-40-43-46-49-55(66)61(70)63-53(54(65)48-45-42-39-36-33-30-23-20-17-14-11-8-5-2)52-71-62-60(59(69)58(68)56(51-64)72-62)73-57(67)50-47-44-41-38-35-31-24-21-18-15-12-9-6-3/h7,10,16,19,25-26,28-29,31,34-35,37,41,44-45,48,53-56,58-60,62,64-66,68-69H,4-6,8-9,11-15,17-18,20-24,27,30,32-33,36,38-40,42-43,46-47,49-52H2,1-3H3,(H,63,70)/b10-7-,19-16-,26-25-,29-28-,35-31-,37-34-,44-41+,48-45+. The number of carbonyl (C=O) groups is 2. The van der Waals surface area contributed by atoms with Gasteiger partial charge in [0.1, 0.15) is 24.4 Å². The molecule has 0 aromatic carbocycles. The highest BCUT2D eigenvalue weighted by atomic mass is 16.7. The van der Waals surface area contributed by atoms with E-state index >= 15 is 0 Å². The molecule has 0 aliphatic carbocycles. The number of esters is 1. The quantitative estimate of drug-likeness (QED) is 0.0196. The van der Waals surface area contributed by atoms with Gasteiger partial charge >= 0.3 is 5.97 Å². The summed E-state index contributed by atoms with van der Waals surface area (Å²) >= 11 is 0. The number of hydrogen-bond donors (Lipinski definition) is 6. The van der Waals surface area contributed by atoms with Crippen LogP contribution in [-0.2, 0) is 23.8 Å². The molecular weight excluding hydrogens is 919 g/mol. The van der Waals surface area contributed by atoms with Crippen LogP contribution in [0, 0.1) is 0 Å². The molecule has 1 amide bonds. The Morgan fingerprint density at radius 1 is 0.548 bits per heavy atom. The monoisotopic (exact) mass is 1020 g/mol. The predicted molar refractivity (Wildman–Crippen MR) is 301 cm³/mol. The zero-order chi connectivity index (χ0) is 53.3. The van der Waals surface area contributed by atoms with E-state index in [-0.39, 0.29) is 19.4 Å². The first-order chi connectivity index (χ1) is 35.7. The second-order valence-electron chi connectivity index (χ2n) is 19.6. The molecule has 1 saturated heterocycles. The van der Waals surface area contributed by atoms with Crippen molar-refractivity contribution in [1.82, 2.24) is 5.32 Å². The van der Waals surface area contributed by atoms with Crippen molar-refractivity contribution in [3.8, 4) is 0 Å². The Kier molecular flexibility index (Phi) is 45.8. The zero-order valence-electron chi connectivity index (χ0n) is 46.0. The van der Waals surface area contributed by atoms with E-state index in [0.717, 1.165) is 83.5 Å². The summed E-state index contributed by atoms with van der Waals surface area (Å²) in [5.41, 5.74) is 0. The molecule has 0 radical (unpaired) electrons. The third-order valence-corrected chi connectivity index (χ3v) is 13.0. The van der Waals surface area contributed by atoms with Crippen molar-refractivity contribution in [3.63, 3.8) is 0 Å². The van der Waals surface area contributed by atoms with E-state index in [1.807, 2.05) is 18.2 Å². The second kappa shape index (κ2) is 49.5. The minimum Gasteiger partial charge on any atom is -0.454 e. The van der Waals surface area contributed by atoms with Gasteiger partial charge in [0, 0.05) is 6.42 Å². The highest BCUT2D eigenvalue weighted by molar-refractivity contribution is 5.80. The zero-order valence-corrected chi connectivity index (χ0v) is 46.0. The maximum absolute atomic E-state index is 13.4. The Bertz CT molecular complexity index is 1550. The highest BCUT2D eigenvalue weighted by Crippen LogP contribution is 2.26. The lowest BCUT2D eigenvalue weighted by atomic mass is 9.99. The molecule has 6 N–H and O–H groups in total. The Morgan fingerprint density at radius 3 is 1.48 bits per heavy atom. The third-order valence-electron chi connectivity index (χ3n) is 13.0. The first kappa shape index (κ1) is 67.6. The van der Waals surface area contributed by atoms with E-state index in [1.165, 1.54) is 89.9 Å². The number of allylic oxidation sites excluding steroid dienone is 15. The second-order valence-corrected chi connectivity index (χ2v) is 19.6. The number of ether oxygens (including phenoxy) is 3. The summed E-state index contributed by atoms with van der Waals surface area (Å²) in [6, 6.07) is -1.06. The fourth-order valence-electron chi connectivity index (χ4n) is 8.38. The summed E-state index contributed by atoms with van der Waals surface area (Å²) in [6.07, 6.45) is 54.6. The molecule has 1 heterocycles. The number of amides is 1. The van der Waals surface area contributed by atoms with E-state index < -0.39 is 67.4 Å². The van der Waals surface area contributed by atoms with Gasteiger partial charge in [-0.25, -0.2) is 0 Å². The summed E-state index contributed by atoms with van der Waals surface area (Å²) < 4.78 is 17.5. The largest absolute Gasteiger partial charge is 0.454 e. The van der Waals surface area contributed by atoms with Gasteiger partial charge in [0.15, 0.2) is 12.4 Å². The lowest BCUT2D eigenvalue weighted by molar-refractivity contribution is -0.305. The smallest absolute Gasteiger partial charge is 0.306 e. The van der Waals surface area contributed by atoms with Gasteiger partial charge in [0.05, 0.1) is 25.4 Å². The summed E-state index contributed by atoms with van der Waals surface area (Å²) in [6.45, 7) is 5.59. The lowest BCUT2D eigenvalue weighted by Crippen LogP contribution is -2.61. The minimum absolute atomic E-state index is 0.00889. The van der Waals surface area contributed by atoms with Crippen molar-refractivity contribution >= 4 is 11.9 Å². The van der Waals surface area contributed by atoms with Gasteiger partial charge in [0.2, 0.25) is 5.91 Å². The van der Waals surface area contributed by atoms with Crippen molar-refractivity contribution in [2.75, 3.05) is 13.2 Å². The number of rotatable bonds is 47. The molecule has 11 heteroatoms. The van der Waals surface area contributed by atoms with E-state index in [0.29, 0.717) is 12.8 Å². The van der Waals surface area contributed by atoms with Gasteiger partial charge in [-0.2, -0.15) is 0 Å². The fourth-order valence-corrected chi connectivity index (χ4v) is 8.38.